The van der Waals surface area contributed by atoms with E-state index in [1.165, 1.54) is 33.1 Å². The Bertz CT molecular complexity index is 1340. The fraction of sp³-hybridized carbons (Fsp3) is 0.0769. The van der Waals surface area contributed by atoms with E-state index in [0.717, 1.165) is 54.9 Å². The standard InChI is InChI=1S/C26H14F6S2Se/c27-25(28,29)17-5-1-15(2-6-17)19-9-11-21(33-19)23-13-14-24(35-23)22-12-10-20(34-22)16-3-7-18(8-4-16)26(30,31)32/h1-14H. The summed E-state index contributed by atoms with van der Waals surface area (Å²) in [7, 11) is 0. The van der Waals surface area contributed by atoms with Gasteiger partial charge in [0.2, 0.25) is 0 Å². The van der Waals surface area contributed by atoms with Gasteiger partial charge in [-0.15, -0.1) is 0 Å². The number of benzene rings is 2. The first-order chi connectivity index (χ1) is 16.6. The molecule has 0 saturated carbocycles. The molecule has 35 heavy (non-hydrogen) atoms. The summed E-state index contributed by atoms with van der Waals surface area (Å²) in [4.78, 5) is 3.95. The maximum absolute atomic E-state index is 12.8. The van der Waals surface area contributed by atoms with Crippen LogP contribution >= 0.6 is 22.7 Å². The topological polar surface area (TPSA) is 0 Å². The average Bonchev–Trinajstić information content (AvgIpc) is 3.58. The van der Waals surface area contributed by atoms with Crippen LogP contribution in [0.15, 0.2) is 84.9 Å². The van der Waals surface area contributed by atoms with E-state index in [2.05, 4.69) is 12.1 Å². The third kappa shape index (κ3) is 5.19. The quantitative estimate of drug-likeness (QED) is 0.146. The summed E-state index contributed by atoms with van der Waals surface area (Å²) in [6.07, 6.45) is -8.71. The van der Waals surface area contributed by atoms with Crippen molar-refractivity contribution in [2.75, 3.05) is 0 Å². The number of thiophene rings is 2. The fourth-order valence-electron chi connectivity index (χ4n) is 3.50. The van der Waals surface area contributed by atoms with Gasteiger partial charge in [-0.1, -0.05) is 0 Å². The van der Waals surface area contributed by atoms with Crippen LogP contribution in [-0.4, -0.2) is 14.5 Å². The summed E-state index contributed by atoms with van der Waals surface area (Å²) in [5.74, 6) is 0. The molecule has 0 amide bonds. The first-order valence-corrected chi connectivity index (χ1v) is 13.6. The van der Waals surface area contributed by atoms with Gasteiger partial charge < -0.3 is 0 Å². The molecule has 0 aliphatic heterocycles. The zero-order valence-electron chi connectivity index (χ0n) is 17.6. The molecule has 0 spiro atoms. The summed E-state index contributed by atoms with van der Waals surface area (Å²) in [6.45, 7) is 0. The molecule has 0 radical (unpaired) electrons. The number of hydrogen-bond acceptors (Lipinski definition) is 2. The Kier molecular flexibility index (Phi) is 6.30. The Labute approximate surface area is 210 Å². The first kappa shape index (κ1) is 24.1. The molecule has 178 valence electrons. The molecule has 0 saturated heterocycles. The Morgan fingerprint density at radius 3 is 1.11 bits per heavy atom. The summed E-state index contributed by atoms with van der Waals surface area (Å²) in [5, 5.41) is 0. The zero-order valence-corrected chi connectivity index (χ0v) is 20.9. The van der Waals surface area contributed by atoms with Crippen molar-refractivity contribution in [1.29, 1.82) is 0 Å². The van der Waals surface area contributed by atoms with E-state index in [-0.39, 0.29) is 14.5 Å². The van der Waals surface area contributed by atoms with E-state index in [9.17, 15) is 26.3 Å². The predicted octanol–water partition coefficient (Wildman–Crippen LogP) is 9.57. The molecule has 2 aromatic carbocycles. The van der Waals surface area contributed by atoms with Gasteiger partial charge in [0.25, 0.3) is 0 Å². The van der Waals surface area contributed by atoms with E-state index in [1.54, 1.807) is 22.7 Å². The molecular weight excluding hydrogens is 569 g/mol. The second-order valence-electron chi connectivity index (χ2n) is 7.64. The molecule has 0 bridgehead atoms. The number of rotatable bonds is 4. The van der Waals surface area contributed by atoms with Gasteiger partial charge in [0.05, 0.1) is 0 Å². The SMILES string of the molecule is FC(F)(F)c1ccc(-c2ccc(-c3ccc(-c4ccc(-c5ccc(C(F)(F)F)cc5)s4)[se]3)s2)cc1. The normalized spacial score (nSPS) is 12.3. The van der Waals surface area contributed by atoms with Crippen molar-refractivity contribution < 1.29 is 26.3 Å². The average molecular weight is 583 g/mol. The Hall–Kier alpha value is -2.58. The minimum atomic E-state index is -4.35. The van der Waals surface area contributed by atoms with Gasteiger partial charge in [-0.05, 0) is 0 Å². The molecule has 3 heterocycles. The van der Waals surface area contributed by atoms with Gasteiger partial charge in [0.15, 0.2) is 0 Å². The van der Waals surface area contributed by atoms with Crippen LogP contribution in [0.3, 0.4) is 0 Å². The summed E-state index contributed by atoms with van der Waals surface area (Å²) in [6, 6.07) is 22.3. The molecule has 0 unspecified atom stereocenters. The van der Waals surface area contributed by atoms with E-state index in [1.807, 2.05) is 24.3 Å². The van der Waals surface area contributed by atoms with Crippen LogP contribution in [0.25, 0.3) is 39.5 Å². The van der Waals surface area contributed by atoms with Crippen LogP contribution in [0.5, 0.6) is 0 Å². The molecule has 3 aromatic heterocycles. The first-order valence-electron chi connectivity index (χ1n) is 10.2. The number of halogens is 6. The molecule has 9 heteroatoms. The van der Waals surface area contributed by atoms with Gasteiger partial charge in [0.1, 0.15) is 0 Å². The van der Waals surface area contributed by atoms with Crippen molar-refractivity contribution in [3.8, 4) is 39.5 Å². The van der Waals surface area contributed by atoms with Crippen LogP contribution in [0, 0.1) is 0 Å². The predicted molar refractivity (Wildman–Crippen MR) is 131 cm³/mol. The summed E-state index contributed by atoms with van der Waals surface area (Å²) in [5.41, 5.74) is 0.154. The van der Waals surface area contributed by atoms with Crippen LogP contribution < -0.4 is 0 Å². The van der Waals surface area contributed by atoms with Crippen molar-refractivity contribution in [2.24, 2.45) is 0 Å². The molecule has 0 atom stereocenters. The maximum atomic E-state index is 12.8. The Morgan fingerprint density at radius 2 is 0.771 bits per heavy atom. The van der Waals surface area contributed by atoms with E-state index < -0.39 is 23.5 Å². The van der Waals surface area contributed by atoms with Gasteiger partial charge in [0, 0.05) is 0 Å². The van der Waals surface area contributed by atoms with Gasteiger partial charge in [-0.25, -0.2) is 0 Å². The van der Waals surface area contributed by atoms with Gasteiger partial charge in [-0.3, -0.25) is 0 Å². The van der Waals surface area contributed by atoms with E-state index in [0.29, 0.717) is 0 Å². The van der Waals surface area contributed by atoms with Crippen molar-refractivity contribution in [3.63, 3.8) is 0 Å². The molecule has 5 aromatic rings. The molecular formula is C26H14F6S2Se. The van der Waals surface area contributed by atoms with E-state index in [4.69, 9.17) is 0 Å². The number of alkyl halides is 6. The zero-order chi connectivity index (χ0) is 24.8. The van der Waals surface area contributed by atoms with Gasteiger partial charge in [-0.2, -0.15) is 0 Å². The summed E-state index contributed by atoms with van der Waals surface area (Å²) >= 11 is 3.13. The van der Waals surface area contributed by atoms with Crippen molar-refractivity contribution >= 4 is 37.2 Å². The van der Waals surface area contributed by atoms with Crippen molar-refractivity contribution in [1.82, 2.24) is 0 Å². The van der Waals surface area contributed by atoms with Gasteiger partial charge >= 0.3 is 211 Å². The summed E-state index contributed by atoms with van der Waals surface area (Å²) < 4.78 is 79.3. The Morgan fingerprint density at radius 1 is 0.429 bits per heavy atom. The molecule has 0 fully saturated rings. The molecule has 0 aliphatic carbocycles. The van der Waals surface area contributed by atoms with Crippen LogP contribution in [-0.2, 0) is 12.4 Å². The van der Waals surface area contributed by atoms with Crippen molar-refractivity contribution in [2.45, 2.75) is 12.4 Å². The minimum absolute atomic E-state index is 0.0462. The molecule has 5 rings (SSSR count). The second kappa shape index (κ2) is 9.13. The monoisotopic (exact) mass is 584 g/mol. The van der Waals surface area contributed by atoms with Crippen molar-refractivity contribution in [3.05, 3.63) is 96.1 Å². The van der Waals surface area contributed by atoms with Crippen LogP contribution in [0.4, 0.5) is 26.3 Å². The molecule has 0 aliphatic rings. The third-order valence-electron chi connectivity index (χ3n) is 5.30. The second-order valence-corrected chi connectivity index (χ2v) is 12.1. The molecule has 0 N–H and O–H groups in total. The number of hydrogen-bond donors (Lipinski definition) is 0. The third-order valence-corrected chi connectivity index (χ3v) is 10.6. The van der Waals surface area contributed by atoms with E-state index >= 15 is 0 Å². The fourth-order valence-corrected chi connectivity index (χ4v) is 8.10. The Balaban J connectivity index is 1.34. The van der Waals surface area contributed by atoms with Crippen LogP contribution in [0.1, 0.15) is 11.1 Å². The van der Waals surface area contributed by atoms with Crippen LogP contribution in [0.2, 0.25) is 0 Å². The molecule has 0 nitrogen and oxygen atoms in total.